The van der Waals surface area contributed by atoms with E-state index in [1.807, 2.05) is 0 Å². The average Bonchev–Trinajstić information content (AvgIpc) is 2.02. The third kappa shape index (κ3) is 14.9. The second kappa shape index (κ2) is 12.1. The fourth-order valence-corrected chi connectivity index (χ4v) is 0.522. The summed E-state index contributed by atoms with van der Waals surface area (Å²) in [5, 5.41) is 8.17. The van der Waals surface area contributed by atoms with Gasteiger partial charge in [-0.05, 0) is 0 Å². The van der Waals surface area contributed by atoms with E-state index < -0.39 is 5.97 Å². The van der Waals surface area contributed by atoms with Gasteiger partial charge < -0.3 is 19.3 Å². The van der Waals surface area contributed by atoms with Crippen LogP contribution in [0.15, 0.2) is 0 Å². The smallest absolute Gasteiger partial charge is 0.329 e. The van der Waals surface area contributed by atoms with Crippen LogP contribution in [0.4, 0.5) is 0 Å². The Bertz CT molecular complexity index is 119. The second-order valence-corrected chi connectivity index (χ2v) is 2.05. The molecule has 83 valence electrons. The summed E-state index contributed by atoms with van der Waals surface area (Å²) in [5.41, 5.74) is 0. The first kappa shape index (κ1) is 15.6. The van der Waals surface area contributed by atoms with Crippen LogP contribution in [0.1, 0.15) is 0 Å². The van der Waals surface area contributed by atoms with Crippen molar-refractivity contribution in [1.29, 1.82) is 0 Å². The Balaban J connectivity index is 0. The SMILES string of the molecule is COCCOCCOCC(=O)O.[Ag]. The van der Waals surface area contributed by atoms with E-state index in [4.69, 9.17) is 19.3 Å². The Labute approximate surface area is 92.9 Å². The van der Waals surface area contributed by atoms with E-state index in [1.165, 1.54) is 0 Å². The van der Waals surface area contributed by atoms with Crippen LogP contribution in [0.2, 0.25) is 0 Å². The van der Waals surface area contributed by atoms with Gasteiger partial charge in [0.15, 0.2) is 0 Å². The Kier molecular flexibility index (Phi) is 14.5. The van der Waals surface area contributed by atoms with Crippen LogP contribution in [0.5, 0.6) is 0 Å². The van der Waals surface area contributed by atoms with Crippen molar-refractivity contribution in [2.75, 3.05) is 40.1 Å². The molecule has 0 aliphatic carbocycles. The van der Waals surface area contributed by atoms with Crippen molar-refractivity contribution in [2.45, 2.75) is 0 Å². The van der Waals surface area contributed by atoms with Gasteiger partial charge in [0.05, 0.1) is 26.4 Å². The van der Waals surface area contributed by atoms with Gasteiger partial charge in [-0.2, -0.15) is 0 Å². The summed E-state index contributed by atoms with van der Waals surface area (Å²) in [6.07, 6.45) is 0. The maximum Gasteiger partial charge on any atom is 0.329 e. The van der Waals surface area contributed by atoms with Crippen LogP contribution in [-0.4, -0.2) is 51.2 Å². The van der Waals surface area contributed by atoms with Gasteiger partial charge in [0.2, 0.25) is 0 Å². The van der Waals surface area contributed by atoms with Gasteiger partial charge >= 0.3 is 5.97 Å². The van der Waals surface area contributed by atoms with Crippen molar-refractivity contribution in [2.24, 2.45) is 0 Å². The molecule has 1 radical (unpaired) electrons. The van der Waals surface area contributed by atoms with E-state index in [0.29, 0.717) is 26.4 Å². The maximum atomic E-state index is 9.95. The standard InChI is InChI=1S/C7H14O5.Ag/c1-10-2-3-11-4-5-12-6-7(8)9;/h2-6H2,1H3,(H,8,9);. The van der Waals surface area contributed by atoms with Crippen molar-refractivity contribution in [3.8, 4) is 0 Å². The third-order valence-electron chi connectivity index (χ3n) is 1.03. The van der Waals surface area contributed by atoms with E-state index in [0.717, 1.165) is 0 Å². The van der Waals surface area contributed by atoms with Crippen LogP contribution >= 0.6 is 0 Å². The van der Waals surface area contributed by atoms with E-state index in [1.54, 1.807) is 7.11 Å². The topological polar surface area (TPSA) is 65.0 Å². The first-order valence-electron chi connectivity index (χ1n) is 3.63. The Morgan fingerprint density at radius 1 is 1.15 bits per heavy atom. The largest absolute Gasteiger partial charge is 0.480 e. The number of ether oxygens (including phenoxy) is 3. The molecular weight excluding hydrogens is 272 g/mol. The molecule has 13 heavy (non-hydrogen) atoms. The molecule has 0 rings (SSSR count). The van der Waals surface area contributed by atoms with Crippen LogP contribution < -0.4 is 0 Å². The molecule has 0 aromatic rings. The van der Waals surface area contributed by atoms with E-state index in [2.05, 4.69) is 0 Å². The predicted molar refractivity (Wildman–Crippen MR) is 41.1 cm³/mol. The van der Waals surface area contributed by atoms with Crippen molar-refractivity contribution in [1.82, 2.24) is 0 Å². The molecule has 5 nitrogen and oxygen atoms in total. The normalized spacial score (nSPS) is 9.31. The fourth-order valence-electron chi connectivity index (χ4n) is 0.522. The minimum absolute atomic E-state index is 0. The first-order chi connectivity index (χ1) is 5.77. The molecule has 6 heteroatoms. The zero-order valence-electron chi connectivity index (χ0n) is 7.42. The molecule has 0 bridgehead atoms. The van der Waals surface area contributed by atoms with Gasteiger partial charge in [-0.3, -0.25) is 0 Å². The molecule has 1 N–H and O–H groups in total. The monoisotopic (exact) mass is 285 g/mol. The molecule has 0 fully saturated rings. The van der Waals surface area contributed by atoms with Crippen molar-refractivity contribution < 1.29 is 46.5 Å². The Morgan fingerprint density at radius 3 is 2.23 bits per heavy atom. The number of hydrogen-bond acceptors (Lipinski definition) is 4. The molecular formula is C7H14AgO5. The number of carboxylic acid groups (broad SMARTS) is 1. The van der Waals surface area contributed by atoms with Crippen molar-refractivity contribution in [3.05, 3.63) is 0 Å². The molecule has 0 spiro atoms. The number of carboxylic acids is 1. The quantitative estimate of drug-likeness (QED) is 0.492. The third-order valence-corrected chi connectivity index (χ3v) is 1.03. The van der Waals surface area contributed by atoms with E-state index >= 15 is 0 Å². The van der Waals surface area contributed by atoms with Crippen molar-refractivity contribution >= 4 is 5.97 Å². The van der Waals surface area contributed by atoms with Crippen LogP contribution in [0, 0.1) is 0 Å². The van der Waals surface area contributed by atoms with Crippen LogP contribution in [-0.2, 0) is 41.4 Å². The molecule has 0 aromatic heterocycles. The molecule has 0 amide bonds. The van der Waals surface area contributed by atoms with Gasteiger partial charge in [-0.1, -0.05) is 0 Å². The summed E-state index contributed by atoms with van der Waals surface area (Å²) in [6, 6.07) is 0. The zero-order chi connectivity index (χ0) is 9.23. The van der Waals surface area contributed by atoms with Crippen LogP contribution in [0.25, 0.3) is 0 Å². The maximum absolute atomic E-state index is 9.95. The molecule has 0 aliphatic rings. The fraction of sp³-hybridized carbons (Fsp3) is 0.857. The molecule has 0 heterocycles. The summed E-state index contributed by atoms with van der Waals surface area (Å²) in [6.45, 7) is 1.48. The summed E-state index contributed by atoms with van der Waals surface area (Å²) in [7, 11) is 1.59. The predicted octanol–water partition coefficient (Wildman–Crippen LogP) is -0.252. The molecule has 0 atom stereocenters. The molecule has 0 saturated carbocycles. The summed E-state index contributed by atoms with van der Waals surface area (Å²) < 4.78 is 14.4. The zero-order valence-corrected chi connectivity index (χ0v) is 8.90. The number of rotatable bonds is 8. The second-order valence-electron chi connectivity index (χ2n) is 2.05. The summed E-state index contributed by atoms with van der Waals surface area (Å²) in [4.78, 5) is 9.95. The van der Waals surface area contributed by atoms with Crippen molar-refractivity contribution in [3.63, 3.8) is 0 Å². The van der Waals surface area contributed by atoms with E-state index in [9.17, 15) is 4.79 Å². The van der Waals surface area contributed by atoms with Crippen LogP contribution in [0.3, 0.4) is 0 Å². The number of carbonyl (C=O) groups is 1. The summed E-state index contributed by atoms with van der Waals surface area (Å²) >= 11 is 0. The molecule has 0 unspecified atom stereocenters. The minimum atomic E-state index is -0.966. The Hall–Kier alpha value is 0.0903. The van der Waals surface area contributed by atoms with E-state index in [-0.39, 0.29) is 29.0 Å². The molecule has 0 aromatic carbocycles. The number of aliphatic carboxylic acids is 1. The van der Waals surface area contributed by atoms with Gasteiger partial charge in [0.25, 0.3) is 0 Å². The minimum Gasteiger partial charge on any atom is -0.480 e. The summed E-state index contributed by atoms with van der Waals surface area (Å²) in [5.74, 6) is -0.966. The van der Waals surface area contributed by atoms with Gasteiger partial charge in [-0.15, -0.1) is 0 Å². The Morgan fingerprint density at radius 2 is 1.69 bits per heavy atom. The van der Waals surface area contributed by atoms with Gasteiger partial charge in [0.1, 0.15) is 6.61 Å². The molecule has 0 saturated heterocycles. The first-order valence-corrected chi connectivity index (χ1v) is 3.63. The van der Waals surface area contributed by atoms with Gasteiger partial charge in [0, 0.05) is 29.5 Å². The average molecular weight is 286 g/mol. The molecule has 0 aliphatic heterocycles. The van der Waals surface area contributed by atoms with Gasteiger partial charge in [-0.25, -0.2) is 4.79 Å². The number of methoxy groups -OCH3 is 1. The number of hydrogen-bond donors (Lipinski definition) is 1.